The summed E-state index contributed by atoms with van der Waals surface area (Å²) in [5.74, 6) is -1.44. The molecular formula is C31H27ClFN3O4S2. The molecule has 1 aliphatic heterocycles. The first-order valence-corrected chi connectivity index (χ1v) is 15.5. The zero-order valence-corrected chi connectivity index (χ0v) is 25.0. The van der Waals surface area contributed by atoms with Crippen LogP contribution in [0.3, 0.4) is 0 Å². The Kier molecular flexibility index (Phi) is 9.56. The highest BCUT2D eigenvalue weighted by molar-refractivity contribution is 8.00. The van der Waals surface area contributed by atoms with Crippen LogP contribution in [0.4, 0.5) is 9.52 Å². The SMILES string of the molecule is CCCCCOc1cccc(C2/C(=C(\O)c3ccc(Cl)cc3)C(=O)C(=O)N2c2nnc(SCc3ccccc3F)s2)c1. The zero-order chi connectivity index (χ0) is 29.6. The number of aliphatic hydroxyl groups excluding tert-OH is 1. The van der Waals surface area contributed by atoms with Crippen molar-refractivity contribution >= 4 is 57.3 Å². The summed E-state index contributed by atoms with van der Waals surface area (Å²) in [6.45, 7) is 2.64. The fourth-order valence-corrected chi connectivity index (χ4v) is 6.52. The van der Waals surface area contributed by atoms with Crippen molar-refractivity contribution in [2.75, 3.05) is 11.5 Å². The zero-order valence-electron chi connectivity index (χ0n) is 22.6. The number of amides is 1. The number of unbranched alkanes of at least 4 members (excludes halogenated alkanes) is 2. The van der Waals surface area contributed by atoms with Crippen molar-refractivity contribution in [1.82, 2.24) is 10.2 Å². The van der Waals surface area contributed by atoms with Gasteiger partial charge in [0.1, 0.15) is 17.3 Å². The van der Waals surface area contributed by atoms with E-state index in [1.807, 2.05) is 6.07 Å². The summed E-state index contributed by atoms with van der Waals surface area (Å²) in [5, 5.41) is 20.4. The lowest BCUT2D eigenvalue weighted by Gasteiger charge is -2.23. The molecule has 0 bridgehead atoms. The van der Waals surface area contributed by atoms with Crippen LogP contribution in [0.5, 0.6) is 5.75 Å². The van der Waals surface area contributed by atoms with Gasteiger partial charge in [-0.05, 0) is 60.0 Å². The van der Waals surface area contributed by atoms with E-state index in [-0.39, 0.29) is 22.3 Å². The summed E-state index contributed by atoms with van der Waals surface area (Å²) in [4.78, 5) is 28.2. The molecule has 0 radical (unpaired) electrons. The van der Waals surface area contributed by atoms with Crippen LogP contribution in [0.15, 0.2) is 82.7 Å². The molecule has 2 heterocycles. The number of hydrogen-bond acceptors (Lipinski definition) is 8. The Morgan fingerprint density at radius 3 is 2.62 bits per heavy atom. The van der Waals surface area contributed by atoms with Gasteiger partial charge in [0.15, 0.2) is 4.34 Å². The Labute approximate surface area is 256 Å². The number of Topliss-reactive ketones (excluding diaryl/α,β-unsaturated/α-hetero) is 1. The van der Waals surface area contributed by atoms with Gasteiger partial charge >= 0.3 is 5.91 Å². The molecule has 1 amide bonds. The van der Waals surface area contributed by atoms with E-state index in [2.05, 4.69) is 17.1 Å². The summed E-state index contributed by atoms with van der Waals surface area (Å²) in [5.41, 5.74) is 1.33. The topological polar surface area (TPSA) is 92.6 Å². The lowest BCUT2D eigenvalue weighted by Crippen LogP contribution is -2.29. The number of ketones is 1. The van der Waals surface area contributed by atoms with Gasteiger partial charge in [0.2, 0.25) is 5.13 Å². The second-order valence-corrected chi connectivity index (χ2v) is 12.1. The van der Waals surface area contributed by atoms with Crippen molar-refractivity contribution in [3.8, 4) is 5.75 Å². The van der Waals surface area contributed by atoms with Gasteiger partial charge in [-0.1, -0.05) is 84.8 Å². The third-order valence-electron chi connectivity index (χ3n) is 6.66. The smallest absolute Gasteiger partial charge is 0.301 e. The quantitative estimate of drug-likeness (QED) is 0.0455. The maximum atomic E-state index is 14.1. The number of carbonyl (C=O) groups is 2. The minimum atomic E-state index is -0.989. The first-order valence-electron chi connectivity index (χ1n) is 13.4. The molecular weight excluding hydrogens is 597 g/mol. The molecule has 1 unspecified atom stereocenters. The van der Waals surface area contributed by atoms with Crippen molar-refractivity contribution in [1.29, 1.82) is 0 Å². The number of aliphatic hydroxyl groups is 1. The summed E-state index contributed by atoms with van der Waals surface area (Å²) in [7, 11) is 0. The van der Waals surface area contributed by atoms with E-state index in [4.69, 9.17) is 16.3 Å². The van der Waals surface area contributed by atoms with Gasteiger partial charge in [0.25, 0.3) is 5.78 Å². The predicted molar refractivity (Wildman–Crippen MR) is 164 cm³/mol. The number of thioether (sulfide) groups is 1. The number of ether oxygens (including phenoxy) is 1. The molecule has 216 valence electrons. The third-order valence-corrected chi connectivity index (χ3v) is 9.02. The highest BCUT2D eigenvalue weighted by atomic mass is 35.5. The molecule has 1 atom stereocenters. The molecule has 42 heavy (non-hydrogen) atoms. The van der Waals surface area contributed by atoms with E-state index in [1.165, 1.54) is 22.7 Å². The predicted octanol–water partition coefficient (Wildman–Crippen LogP) is 7.82. The number of halogens is 2. The van der Waals surface area contributed by atoms with Crippen LogP contribution in [0.25, 0.3) is 5.76 Å². The molecule has 4 aromatic rings. The number of aromatic nitrogens is 2. The van der Waals surface area contributed by atoms with Gasteiger partial charge in [-0.3, -0.25) is 14.5 Å². The van der Waals surface area contributed by atoms with Crippen LogP contribution >= 0.6 is 34.7 Å². The summed E-state index contributed by atoms with van der Waals surface area (Å²) in [6, 6.07) is 18.9. The fourth-order valence-electron chi connectivity index (χ4n) is 4.54. The molecule has 1 fully saturated rings. The number of carbonyl (C=O) groups excluding carboxylic acids is 2. The van der Waals surface area contributed by atoms with Crippen molar-refractivity contribution in [3.05, 3.63) is 106 Å². The molecule has 1 N–H and O–H groups in total. The number of anilines is 1. The van der Waals surface area contributed by atoms with Crippen molar-refractivity contribution < 1.29 is 23.8 Å². The van der Waals surface area contributed by atoms with Gasteiger partial charge in [-0.25, -0.2) is 4.39 Å². The third kappa shape index (κ3) is 6.51. The second-order valence-electron chi connectivity index (χ2n) is 9.53. The lowest BCUT2D eigenvalue weighted by atomic mass is 9.95. The van der Waals surface area contributed by atoms with E-state index >= 15 is 0 Å². The Hall–Kier alpha value is -3.73. The fraction of sp³-hybridized carbons (Fsp3) is 0.226. The van der Waals surface area contributed by atoms with Gasteiger partial charge in [-0.15, -0.1) is 10.2 Å². The van der Waals surface area contributed by atoms with Crippen LogP contribution in [0, 0.1) is 5.82 Å². The highest BCUT2D eigenvalue weighted by Crippen LogP contribution is 2.44. The van der Waals surface area contributed by atoms with Crippen LogP contribution in [-0.2, 0) is 15.3 Å². The lowest BCUT2D eigenvalue weighted by molar-refractivity contribution is -0.132. The Morgan fingerprint density at radius 1 is 1.07 bits per heavy atom. The maximum Gasteiger partial charge on any atom is 0.301 e. The maximum absolute atomic E-state index is 14.1. The van der Waals surface area contributed by atoms with Crippen molar-refractivity contribution in [2.45, 2.75) is 42.3 Å². The summed E-state index contributed by atoms with van der Waals surface area (Å²) < 4.78 is 20.6. The van der Waals surface area contributed by atoms with Gasteiger partial charge in [0, 0.05) is 16.3 Å². The molecule has 5 rings (SSSR count). The largest absolute Gasteiger partial charge is 0.507 e. The van der Waals surface area contributed by atoms with Gasteiger partial charge in [-0.2, -0.15) is 0 Å². The minimum Gasteiger partial charge on any atom is -0.507 e. The van der Waals surface area contributed by atoms with E-state index in [1.54, 1.807) is 60.7 Å². The molecule has 0 aliphatic carbocycles. The van der Waals surface area contributed by atoms with E-state index in [0.29, 0.717) is 44.2 Å². The first kappa shape index (κ1) is 29.8. The van der Waals surface area contributed by atoms with Crippen LogP contribution < -0.4 is 9.64 Å². The second kappa shape index (κ2) is 13.5. The average Bonchev–Trinajstić information content (AvgIpc) is 3.57. The highest BCUT2D eigenvalue weighted by Gasteiger charge is 2.48. The Morgan fingerprint density at radius 2 is 1.86 bits per heavy atom. The van der Waals surface area contributed by atoms with E-state index in [0.717, 1.165) is 30.6 Å². The molecule has 1 aliphatic rings. The van der Waals surface area contributed by atoms with Gasteiger partial charge < -0.3 is 9.84 Å². The van der Waals surface area contributed by atoms with Gasteiger partial charge in [0.05, 0.1) is 18.2 Å². The Bertz CT molecular complexity index is 1630. The minimum absolute atomic E-state index is 0.0822. The number of nitrogens with zero attached hydrogens (tertiary/aromatic N) is 3. The Balaban J connectivity index is 1.52. The standard InChI is InChI=1S/C31H27ClFN3O4S2/c1-2-3-6-16-40-23-10-7-9-20(17-23)26-25(27(37)19-12-14-22(32)15-13-19)28(38)29(39)36(26)30-34-35-31(42-30)41-18-21-8-4-5-11-24(21)33/h4-5,7-15,17,26,37H,2-3,6,16,18H2,1H3/b27-25+. The summed E-state index contributed by atoms with van der Waals surface area (Å²) in [6.07, 6.45) is 2.99. The molecule has 0 spiro atoms. The molecule has 1 saturated heterocycles. The van der Waals surface area contributed by atoms with Crippen molar-refractivity contribution in [2.24, 2.45) is 0 Å². The molecule has 3 aromatic carbocycles. The van der Waals surface area contributed by atoms with E-state index < -0.39 is 17.7 Å². The number of rotatable bonds is 11. The van der Waals surface area contributed by atoms with E-state index in [9.17, 15) is 19.1 Å². The number of benzene rings is 3. The molecule has 7 nitrogen and oxygen atoms in total. The molecule has 1 aromatic heterocycles. The average molecular weight is 624 g/mol. The van der Waals surface area contributed by atoms with Crippen molar-refractivity contribution in [3.63, 3.8) is 0 Å². The summed E-state index contributed by atoms with van der Waals surface area (Å²) >= 11 is 8.42. The molecule has 11 heteroatoms. The first-order chi connectivity index (χ1) is 20.4. The molecule has 0 saturated carbocycles. The van der Waals surface area contributed by atoms with Crippen LogP contribution in [0.1, 0.15) is 48.9 Å². The van der Waals surface area contributed by atoms with Crippen LogP contribution in [0.2, 0.25) is 5.02 Å². The normalized spacial score (nSPS) is 16.3. The number of hydrogen-bond donors (Lipinski definition) is 1. The monoisotopic (exact) mass is 623 g/mol. The van der Waals surface area contributed by atoms with Crippen LogP contribution in [-0.4, -0.2) is 33.6 Å².